The highest BCUT2D eigenvalue weighted by Gasteiger charge is 2.48. The van der Waals surface area contributed by atoms with Crippen molar-refractivity contribution < 1.29 is 39.4 Å². The number of rotatable bonds is 12. The van der Waals surface area contributed by atoms with E-state index in [9.17, 15) is 16.8 Å². The van der Waals surface area contributed by atoms with Gasteiger partial charge >= 0.3 is 0 Å². The van der Waals surface area contributed by atoms with Crippen LogP contribution in [0.4, 0.5) is 0 Å². The molecule has 216 valence electrons. The normalized spacial score (nSPS) is 20.3. The molecule has 4 rings (SSSR count). The molecule has 3 atom stereocenters. The lowest BCUT2D eigenvalue weighted by atomic mass is 9.80. The van der Waals surface area contributed by atoms with Gasteiger partial charge in [0.2, 0.25) is 0 Å². The summed E-state index contributed by atoms with van der Waals surface area (Å²) in [4.78, 5) is 0. The second kappa shape index (κ2) is 12.1. The van der Waals surface area contributed by atoms with Crippen LogP contribution in [0.15, 0.2) is 91.0 Å². The van der Waals surface area contributed by atoms with Crippen molar-refractivity contribution in [2.45, 2.75) is 43.5 Å². The van der Waals surface area contributed by atoms with Crippen LogP contribution in [0.25, 0.3) is 0 Å². The predicted octanol–water partition coefficient (Wildman–Crippen LogP) is 3.84. The molecule has 9 nitrogen and oxygen atoms in total. The van der Waals surface area contributed by atoms with E-state index in [4.69, 9.17) is 22.6 Å². The Labute approximate surface area is 236 Å². The number of ether oxygens (including phenoxy) is 3. The zero-order valence-corrected chi connectivity index (χ0v) is 24.4. The fourth-order valence-corrected chi connectivity index (χ4v) is 5.87. The third kappa shape index (κ3) is 7.55. The molecule has 40 heavy (non-hydrogen) atoms. The lowest BCUT2D eigenvalue weighted by Gasteiger charge is -2.37. The monoisotopic (exact) mass is 590 g/mol. The highest BCUT2D eigenvalue weighted by atomic mass is 32.2. The first-order valence-electron chi connectivity index (χ1n) is 12.7. The van der Waals surface area contributed by atoms with E-state index in [1.807, 2.05) is 91.0 Å². The van der Waals surface area contributed by atoms with E-state index in [0.29, 0.717) is 0 Å². The number of benzene rings is 3. The number of hydrogen-bond donors (Lipinski definition) is 0. The molecule has 0 radical (unpaired) electrons. The Morgan fingerprint density at radius 2 is 1.20 bits per heavy atom. The van der Waals surface area contributed by atoms with Crippen molar-refractivity contribution in [3.63, 3.8) is 0 Å². The van der Waals surface area contributed by atoms with E-state index in [-0.39, 0.29) is 6.61 Å². The van der Waals surface area contributed by atoms with Gasteiger partial charge in [0.15, 0.2) is 5.79 Å². The molecule has 0 spiro atoms. The van der Waals surface area contributed by atoms with Crippen molar-refractivity contribution in [2.75, 3.05) is 25.7 Å². The summed E-state index contributed by atoms with van der Waals surface area (Å²) < 4.78 is 77.5. The fraction of sp³-hybridized carbons (Fsp3) is 0.379. The third-order valence-electron chi connectivity index (χ3n) is 6.34. The van der Waals surface area contributed by atoms with Gasteiger partial charge in [-0.3, -0.25) is 8.37 Å². The van der Waals surface area contributed by atoms with E-state index in [1.165, 1.54) is 0 Å². The molecule has 0 N–H and O–H groups in total. The minimum atomic E-state index is -4.00. The van der Waals surface area contributed by atoms with Gasteiger partial charge in [0, 0.05) is 0 Å². The van der Waals surface area contributed by atoms with Crippen molar-refractivity contribution in [1.82, 2.24) is 0 Å². The molecular formula is C29H34O9S2. The van der Waals surface area contributed by atoms with Crippen LogP contribution in [0.1, 0.15) is 30.5 Å². The second-order valence-electron chi connectivity index (χ2n) is 10.1. The van der Waals surface area contributed by atoms with Gasteiger partial charge in [0.1, 0.15) is 23.9 Å². The molecule has 0 aliphatic carbocycles. The zero-order valence-electron chi connectivity index (χ0n) is 22.8. The summed E-state index contributed by atoms with van der Waals surface area (Å²) in [7, 11) is -7.80. The Morgan fingerprint density at radius 1 is 0.750 bits per heavy atom. The third-order valence-corrected chi connectivity index (χ3v) is 7.50. The molecule has 3 aromatic carbocycles. The Balaban J connectivity index is 1.79. The standard InChI is InChI=1S/C29H34O9S2/c1-28(2)36-25(21-35-39(3,30)31)27(37-28)26(38-40(4,32)33)20-34-29(22-14-8-5-9-15-22,23-16-10-6-11-17-23)24-18-12-7-13-19-24/h5-19,25-27H,20-21H2,1-4H3/t25-,26+,27-/m1/s1. The Hall–Kier alpha value is -2.64. The summed E-state index contributed by atoms with van der Waals surface area (Å²) in [5.41, 5.74) is 1.28. The van der Waals surface area contributed by atoms with E-state index in [2.05, 4.69) is 0 Å². The second-order valence-corrected chi connectivity index (χ2v) is 13.3. The van der Waals surface area contributed by atoms with Gasteiger partial charge < -0.3 is 14.2 Å². The molecule has 11 heteroatoms. The van der Waals surface area contributed by atoms with Crippen molar-refractivity contribution in [2.24, 2.45) is 0 Å². The molecule has 0 unspecified atom stereocenters. The highest BCUT2D eigenvalue weighted by molar-refractivity contribution is 7.86. The molecule has 1 fully saturated rings. The maximum absolute atomic E-state index is 12.4. The summed E-state index contributed by atoms with van der Waals surface area (Å²) in [6, 6.07) is 28.7. The minimum absolute atomic E-state index is 0.259. The Bertz CT molecular complexity index is 1360. The Kier molecular flexibility index (Phi) is 9.15. The van der Waals surface area contributed by atoms with E-state index in [1.54, 1.807) is 13.8 Å². The van der Waals surface area contributed by atoms with Gasteiger partial charge in [-0.25, -0.2) is 0 Å². The van der Waals surface area contributed by atoms with Gasteiger partial charge in [0.05, 0.1) is 25.7 Å². The molecule has 0 bridgehead atoms. The van der Waals surface area contributed by atoms with Crippen LogP contribution in [-0.2, 0) is 48.4 Å². The maximum Gasteiger partial charge on any atom is 0.264 e. The molecule has 3 aromatic rings. The van der Waals surface area contributed by atoms with Crippen LogP contribution < -0.4 is 0 Å². The van der Waals surface area contributed by atoms with Crippen LogP contribution in [0.2, 0.25) is 0 Å². The first kappa shape index (κ1) is 30.3. The lowest BCUT2D eigenvalue weighted by molar-refractivity contribution is -0.159. The smallest absolute Gasteiger partial charge is 0.264 e. The molecule has 1 aliphatic heterocycles. The topological polar surface area (TPSA) is 114 Å². The average molecular weight is 591 g/mol. The largest absolute Gasteiger partial charge is 0.358 e. The zero-order chi connectivity index (χ0) is 29.0. The molecule has 0 amide bonds. The van der Waals surface area contributed by atoms with E-state index >= 15 is 0 Å². The van der Waals surface area contributed by atoms with Crippen LogP contribution >= 0.6 is 0 Å². The highest BCUT2D eigenvalue weighted by Crippen LogP contribution is 2.41. The first-order chi connectivity index (χ1) is 18.8. The van der Waals surface area contributed by atoms with Crippen molar-refractivity contribution in [1.29, 1.82) is 0 Å². The van der Waals surface area contributed by atoms with Gasteiger partial charge in [-0.2, -0.15) is 16.8 Å². The average Bonchev–Trinajstić information content (AvgIpc) is 3.22. The summed E-state index contributed by atoms with van der Waals surface area (Å²) in [6.45, 7) is 2.63. The van der Waals surface area contributed by atoms with Crippen molar-refractivity contribution >= 4 is 20.2 Å². The van der Waals surface area contributed by atoms with Gasteiger partial charge in [-0.1, -0.05) is 91.0 Å². The van der Waals surface area contributed by atoms with E-state index in [0.717, 1.165) is 29.2 Å². The molecule has 1 heterocycles. The van der Waals surface area contributed by atoms with Crippen LogP contribution in [0.5, 0.6) is 0 Å². The van der Waals surface area contributed by atoms with Gasteiger partial charge in [-0.05, 0) is 30.5 Å². The van der Waals surface area contributed by atoms with Crippen LogP contribution in [0.3, 0.4) is 0 Å². The molecule has 1 saturated heterocycles. The van der Waals surface area contributed by atoms with Crippen LogP contribution in [-0.4, -0.2) is 66.7 Å². The van der Waals surface area contributed by atoms with Crippen LogP contribution in [0, 0.1) is 0 Å². The molecule has 0 saturated carbocycles. The molecule has 0 aromatic heterocycles. The number of hydrogen-bond acceptors (Lipinski definition) is 9. The lowest BCUT2D eigenvalue weighted by Crippen LogP contribution is -2.46. The first-order valence-corrected chi connectivity index (χ1v) is 16.3. The SMILES string of the molecule is CC1(C)O[C@@H]([C@H](COC(c2ccccc2)(c2ccccc2)c2ccccc2)OS(C)(=O)=O)[C@@H](COS(C)(=O)=O)O1. The predicted molar refractivity (Wildman–Crippen MR) is 149 cm³/mol. The van der Waals surface area contributed by atoms with E-state index < -0.39 is 56.5 Å². The van der Waals surface area contributed by atoms with Crippen molar-refractivity contribution in [3.8, 4) is 0 Å². The Morgan fingerprint density at radius 3 is 1.60 bits per heavy atom. The van der Waals surface area contributed by atoms with Gasteiger partial charge in [-0.15, -0.1) is 0 Å². The molecular weight excluding hydrogens is 556 g/mol. The summed E-state index contributed by atoms with van der Waals surface area (Å²) >= 11 is 0. The minimum Gasteiger partial charge on any atom is -0.358 e. The summed E-state index contributed by atoms with van der Waals surface area (Å²) in [5.74, 6) is -1.16. The maximum atomic E-state index is 12.4. The van der Waals surface area contributed by atoms with Gasteiger partial charge in [0.25, 0.3) is 20.2 Å². The van der Waals surface area contributed by atoms with Crippen molar-refractivity contribution in [3.05, 3.63) is 108 Å². The summed E-state index contributed by atoms with van der Waals surface area (Å²) in [5, 5.41) is 0. The quantitative estimate of drug-likeness (QED) is 0.229. The fourth-order valence-electron chi connectivity index (χ4n) is 4.88. The summed E-state index contributed by atoms with van der Waals surface area (Å²) in [6.07, 6.45) is -1.35. The molecule has 1 aliphatic rings.